The maximum Gasteiger partial charge on any atom is 0.305 e. The standard InChI is InChI=1S/C13H16N2O3/c14-13(18)9-1-3-10(4-2-9)15(11-5-6-11)8-7-12(16)17/h1-4,11H,5-8H2,(H2,14,18)(H,16,17). The highest BCUT2D eigenvalue weighted by Gasteiger charge is 2.29. The molecule has 96 valence electrons. The topological polar surface area (TPSA) is 83.6 Å². The van der Waals surface area contributed by atoms with E-state index in [-0.39, 0.29) is 6.42 Å². The number of rotatable bonds is 6. The number of anilines is 1. The first kappa shape index (κ1) is 12.4. The second-order valence-corrected chi connectivity index (χ2v) is 4.48. The largest absolute Gasteiger partial charge is 0.481 e. The number of carbonyl (C=O) groups excluding carboxylic acids is 1. The van der Waals surface area contributed by atoms with E-state index in [9.17, 15) is 9.59 Å². The Balaban J connectivity index is 2.10. The number of aliphatic carboxylic acids is 1. The van der Waals surface area contributed by atoms with Gasteiger partial charge >= 0.3 is 5.97 Å². The summed E-state index contributed by atoms with van der Waals surface area (Å²) in [7, 11) is 0. The molecule has 18 heavy (non-hydrogen) atoms. The van der Waals surface area contributed by atoms with Gasteiger partial charge in [0.15, 0.2) is 0 Å². The summed E-state index contributed by atoms with van der Waals surface area (Å²) in [6.45, 7) is 0.496. The van der Waals surface area contributed by atoms with E-state index in [1.54, 1.807) is 12.1 Å². The minimum Gasteiger partial charge on any atom is -0.481 e. The van der Waals surface area contributed by atoms with Crippen LogP contribution in [-0.4, -0.2) is 29.6 Å². The van der Waals surface area contributed by atoms with Crippen molar-refractivity contribution in [3.63, 3.8) is 0 Å². The van der Waals surface area contributed by atoms with Crippen molar-refractivity contribution in [1.82, 2.24) is 0 Å². The molecule has 3 N–H and O–H groups in total. The lowest BCUT2D eigenvalue weighted by molar-refractivity contribution is -0.136. The highest BCUT2D eigenvalue weighted by molar-refractivity contribution is 5.93. The summed E-state index contributed by atoms with van der Waals surface area (Å²) < 4.78 is 0. The van der Waals surface area contributed by atoms with Crippen molar-refractivity contribution in [2.45, 2.75) is 25.3 Å². The minimum atomic E-state index is -0.797. The van der Waals surface area contributed by atoms with Crippen LogP contribution in [0.15, 0.2) is 24.3 Å². The number of carboxylic acid groups (broad SMARTS) is 1. The van der Waals surface area contributed by atoms with E-state index in [0.717, 1.165) is 18.5 Å². The molecule has 0 unspecified atom stereocenters. The zero-order valence-electron chi connectivity index (χ0n) is 10.0. The first-order chi connectivity index (χ1) is 8.58. The van der Waals surface area contributed by atoms with E-state index in [2.05, 4.69) is 4.90 Å². The van der Waals surface area contributed by atoms with Crippen molar-refractivity contribution >= 4 is 17.6 Å². The Morgan fingerprint density at radius 3 is 2.33 bits per heavy atom. The van der Waals surface area contributed by atoms with Crippen LogP contribution in [0.1, 0.15) is 29.6 Å². The number of primary amides is 1. The van der Waals surface area contributed by atoms with Gasteiger partial charge in [-0.3, -0.25) is 9.59 Å². The molecular formula is C13H16N2O3. The highest BCUT2D eigenvalue weighted by atomic mass is 16.4. The quantitative estimate of drug-likeness (QED) is 0.793. The second-order valence-electron chi connectivity index (χ2n) is 4.48. The zero-order valence-corrected chi connectivity index (χ0v) is 10.0. The smallest absolute Gasteiger partial charge is 0.305 e. The number of carboxylic acids is 1. The molecule has 0 radical (unpaired) electrons. The molecule has 2 rings (SSSR count). The summed E-state index contributed by atoms with van der Waals surface area (Å²) >= 11 is 0. The van der Waals surface area contributed by atoms with Gasteiger partial charge in [-0.2, -0.15) is 0 Å². The highest BCUT2D eigenvalue weighted by Crippen LogP contribution is 2.31. The summed E-state index contributed by atoms with van der Waals surface area (Å²) in [5, 5.41) is 8.74. The molecule has 0 bridgehead atoms. The van der Waals surface area contributed by atoms with Gasteiger partial charge in [0.05, 0.1) is 6.42 Å². The Morgan fingerprint density at radius 2 is 1.89 bits per heavy atom. The van der Waals surface area contributed by atoms with Crippen LogP contribution in [0.3, 0.4) is 0 Å². The summed E-state index contributed by atoms with van der Waals surface area (Å²) in [6, 6.07) is 7.42. The lowest BCUT2D eigenvalue weighted by atomic mass is 10.2. The molecule has 5 nitrogen and oxygen atoms in total. The van der Waals surface area contributed by atoms with E-state index >= 15 is 0 Å². The number of hydrogen-bond acceptors (Lipinski definition) is 3. The van der Waals surface area contributed by atoms with Gasteiger partial charge in [0.1, 0.15) is 0 Å². The number of nitrogens with zero attached hydrogens (tertiary/aromatic N) is 1. The molecular weight excluding hydrogens is 232 g/mol. The fourth-order valence-electron chi connectivity index (χ4n) is 1.94. The van der Waals surface area contributed by atoms with Crippen LogP contribution >= 0.6 is 0 Å². The van der Waals surface area contributed by atoms with Gasteiger partial charge in [-0.25, -0.2) is 0 Å². The predicted molar refractivity (Wildman–Crippen MR) is 67.6 cm³/mol. The van der Waals surface area contributed by atoms with Gasteiger partial charge in [-0.15, -0.1) is 0 Å². The summed E-state index contributed by atoms with van der Waals surface area (Å²) in [4.78, 5) is 23.7. The Labute approximate surface area is 105 Å². The van der Waals surface area contributed by atoms with E-state index < -0.39 is 11.9 Å². The summed E-state index contributed by atoms with van der Waals surface area (Å²) in [6.07, 6.45) is 2.31. The fraction of sp³-hybridized carbons (Fsp3) is 0.385. The lowest BCUT2D eigenvalue weighted by Gasteiger charge is -2.24. The Morgan fingerprint density at radius 1 is 1.28 bits per heavy atom. The molecule has 1 aliphatic carbocycles. The molecule has 1 amide bonds. The summed E-state index contributed by atoms with van der Waals surface area (Å²) in [5.74, 6) is -1.25. The molecule has 0 aromatic heterocycles. The van der Waals surface area contributed by atoms with E-state index in [1.807, 2.05) is 12.1 Å². The van der Waals surface area contributed by atoms with Crippen LogP contribution in [-0.2, 0) is 4.79 Å². The Kier molecular flexibility index (Phi) is 3.50. The van der Waals surface area contributed by atoms with E-state index in [1.165, 1.54) is 0 Å². The molecule has 0 aliphatic heterocycles. The molecule has 0 spiro atoms. The molecule has 0 atom stereocenters. The van der Waals surface area contributed by atoms with Crippen molar-refractivity contribution in [3.05, 3.63) is 29.8 Å². The third-order valence-electron chi connectivity index (χ3n) is 3.04. The molecule has 1 aromatic rings. The van der Waals surface area contributed by atoms with Gasteiger partial charge in [0.2, 0.25) is 5.91 Å². The Bertz CT molecular complexity index is 452. The molecule has 0 saturated heterocycles. The molecule has 1 aromatic carbocycles. The monoisotopic (exact) mass is 248 g/mol. The van der Waals surface area contributed by atoms with Gasteiger partial charge in [0.25, 0.3) is 0 Å². The SMILES string of the molecule is NC(=O)c1ccc(N(CCC(=O)O)C2CC2)cc1. The van der Waals surface area contributed by atoms with Crippen molar-refractivity contribution in [3.8, 4) is 0 Å². The Hall–Kier alpha value is -2.04. The third-order valence-corrected chi connectivity index (χ3v) is 3.04. The normalized spacial score (nSPS) is 14.2. The lowest BCUT2D eigenvalue weighted by Crippen LogP contribution is -2.28. The first-order valence-corrected chi connectivity index (χ1v) is 5.96. The maximum atomic E-state index is 11.0. The van der Waals surface area contributed by atoms with Gasteiger partial charge in [-0.05, 0) is 37.1 Å². The molecule has 1 aliphatic rings. The second kappa shape index (κ2) is 5.08. The maximum absolute atomic E-state index is 11.0. The predicted octanol–water partition coefficient (Wildman–Crippen LogP) is 1.23. The summed E-state index contributed by atoms with van der Waals surface area (Å²) in [5.41, 5.74) is 6.59. The van der Waals surface area contributed by atoms with Crippen LogP contribution in [0, 0.1) is 0 Å². The molecule has 1 saturated carbocycles. The van der Waals surface area contributed by atoms with Gasteiger partial charge < -0.3 is 15.7 Å². The molecule has 5 heteroatoms. The number of benzene rings is 1. The van der Waals surface area contributed by atoms with Crippen molar-refractivity contribution in [1.29, 1.82) is 0 Å². The van der Waals surface area contributed by atoms with Crippen molar-refractivity contribution in [2.75, 3.05) is 11.4 Å². The van der Waals surface area contributed by atoms with E-state index in [4.69, 9.17) is 10.8 Å². The van der Waals surface area contributed by atoms with Crippen LogP contribution in [0.25, 0.3) is 0 Å². The number of carbonyl (C=O) groups is 2. The van der Waals surface area contributed by atoms with Crippen LogP contribution in [0.4, 0.5) is 5.69 Å². The fourth-order valence-corrected chi connectivity index (χ4v) is 1.94. The minimum absolute atomic E-state index is 0.119. The first-order valence-electron chi connectivity index (χ1n) is 5.96. The van der Waals surface area contributed by atoms with Crippen LogP contribution < -0.4 is 10.6 Å². The van der Waals surface area contributed by atoms with Gasteiger partial charge in [-0.1, -0.05) is 0 Å². The molecule has 1 fully saturated rings. The zero-order chi connectivity index (χ0) is 13.1. The third kappa shape index (κ3) is 3.00. The molecule has 0 heterocycles. The van der Waals surface area contributed by atoms with Crippen LogP contribution in [0.5, 0.6) is 0 Å². The van der Waals surface area contributed by atoms with Crippen molar-refractivity contribution < 1.29 is 14.7 Å². The van der Waals surface area contributed by atoms with Gasteiger partial charge in [0, 0.05) is 23.8 Å². The number of amides is 1. The number of hydrogen-bond donors (Lipinski definition) is 2. The average molecular weight is 248 g/mol. The average Bonchev–Trinajstić information content (AvgIpc) is 3.14. The van der Waals surface area contributed by atoms with Crippen LogP contribution in [0.2, 0.25) is 0 Å². The van der Waals surface area contributed by atoms with Crippen molar-refractivity contribution in [2.24, 2.45) is 5.73 Å². The number of nitrogens with two attached hydrogens (primary N) is 1. The van der Waals surface area contributed by atoms with E-state index in [0.29, 0.717) is 18.2 Å².